The average molecular weight is 346 g/mol. The third kappa shape index (κ3) is 3.11. The topological polar surface area (TPSA) is 53.8 Å². The van der Waals surface area contributed by atoms with Crippen LogP contribution in [0.4, 0.5) is 5.69 Å². The SMILES string of the molecule is O=C1c2ccccc2CN1CC(=O)N(Cc1ccco1)c1ccccc1. The molecule has 2 aromatic carbocycles. The fourth-order valence-electron chi connectivity index (χ4n) is 3.18. The first-order valence-corrected chi connectivity index (χ1v) is 8.47. The third-order valence-electron chi connectivity index (χ3n) is 4.49. The van der Waals surface area contributed by atoms with E-state index in [4.69, 9.17) is 4.42 Å². The van der Waals surface area contributed by atoms with E-state index in [1.165, 1.54) is 0 Å². The van der Waals surface area contributed by atoms with Crippen molar-refractivity contribution >= 4 is 17.5 Å². The van der Waals surface area contributed by atoms with Gasteiger partial charge in [0.15, 0.2) is 0 Å². The van der Waals surface area contributed by atoms with E-state index in [9.17, 15) is 9.59 Å². The first-order valence-electron chi connectivity index (χ1n) is 8.47. The van der Waals surface area contributed by atoms with Gasteiger partial charge in [0.05, 0.1) is 12.8 Å². The smallest absolute Gasteiger partial charge is 0.254 e. The van der Waals surface area contributed by atoms with Gasteiger partial charge in [-0.25, -0.2) is 0 Å². The van der Waals surface area contributed by atoms with Crippen LogP contribution in [0.1, 0.15) is 21.7 Å². The van der Waals surface area contributed by atoms with Crippen LogP contribution in [-0.4, -0.2) is 23.3 Å². The minimum absolute atomic E-state index is 0.0309. The van der Waals surface area contributed by atoms with Crippen LogP contribution in [0.5, 0.6) is 0 Å². The predicted molar refractivity (Wildman–Crippen MR) is 97.5 cm³/mol. The van der Waals surface area contributed by atoms with Crippen molar-refractivity contribution in [2.45, 2.75) is 13.1 Å². The molecule has 0 radical (unpaired) electrons. The second-order valence-corrected chi connectivity index (χ2v) is 6.21. The number of benzene rings is 2. The number of para-hydroxylation sites is 1. The van der Waals surface area contributed by atoms with Crippen LogP contribution in [0, 0.1) is 0 Å². The molecule has 0 saturated carbocycles. The Morgan fingerprint density at radius 1 is 1.00 bits per heavy atom. The lowest BCUT2D eigenvalue weighted by atomic mass is 10.1. The molecule has 3 aromatic rings. The Kier molecular flexibility index (Phi) is 4.27. The number of carbonyl (C=O) groups excluding carboxylic acids is 2. The first kappa shape index (κ1) is 16.1. The van der Waals surface area contributed by atoms with Gasteiger partial charge in [-0.3, -0.25) is 9.59 Å². The van der Waals surface area contributed by atoms with Crippen LogP contribution in [-0.2, 0) is 17.9 Å². The van der Waals surface area contributed by atoms with Gasteiger partial charge in [-0.15, -0.1) is 0 Å². The molecular formula is C21H18N2O3. The molecule has 4 rings (SSSR count). The molecule has 0 saturated heterocycles. The first-order chi connectivity index (χ1) is 12.7. The van der Waals surface area contributed by atoms with E-state index in [0.717, 1.165) is 11.3 Å². The van der Waals surface area contributed by atoms with Gasteiger partial charge in [0.1, 0.15) is 12.3 Å². The number of furan rings is 1. The number of anilines is 1. The zero-order valence-electron chi connectivity index (χ0n) is 14.2. The van der Waals surface area contributed by atoms with E-state index in [2.05, 4.69) is 0 Å². The fraction of sp³-hybridized carbons (Fsp3) is 0.143. The molecule has 5 nitrogen and oxygen atoms in total. The zero-order chi connectivity index (χ0) is 17.9. The molecule has 0 atom stereocenters. The predicted octanol–water partition coefficient (Wildman–Crippen LogP) is 3.47. The van der Waals surface area contributed by atoms with Crippen molar-refractivity contribution in [1.82, 2.24) is 4.90 Å². The number of carbonyl (C=O) groups is 2. The molecule has 130 valence electrons. The molecule has 2 amide bonds. The Morgan fingerprint density at radius 3 is 2.50 bits per heavy atom. The highest BCUT2D eigenvalue weighted by Crippen LogP contribution is 2.23. The molecule has 2 heterocycles. The summed E-state index contributed by atoms with van der Waals surface area (Å²) in [6.07, 6.45) is 1.59. The maximum absolute atomic E-state index is 13.0. The van der Waals surface area contributed by atoms with Crippen molar-refractivity contribution in [3.63, 3.8) is 0 Å². The Bertz CT molecular complexity index is 919. The number of hydrogen-bond acceptors (Lipinski definition) is 3. The Morgan fingerprint density at radius 2 is 1.77 bits per heavy atom. The molecule has 0 N–H and O–H groups in total. The summed E-state index contributed by atoms with van der Waals surface area (Å²) >= 11 is 0. The minimum Gasteiger partial charge on any atom is -0.467 e. The number of nitrogens with zero attached hydrogens (tertiary/aromatic N) is 2. The van der Waals surface area contributed by atoms with Gasteiger partial charge in [-0.1, -0.05) is 36.4 Å². The number of fused-ring (bicyclic) bond motifs is 1. The number of hydrogen-bond donors (Lipinski definition) is 0. The molecule has 1 aromatic heterocycles. The Balaban J connectivity index is 1.55. The van der Waals surface area contributed by atoms with Crippen LogP contribution in [0.2, 0.25) is 0 Å². The van der Waals surface area contributed by atoms with E-state index >= 15 is 0 Å². The van der Waals surface area contributed by atoms with Crippen molar-refractivity contribution in [2.24, 2.45) is 0 Å². The van der Waals surface area contributed by atoms with Crippen LogP contribution in [0.3, 0.4) is 0 Å². The van der Waals surface area contributed by atoms with E-state index in [1.54, 1.807) is 28.2 Å². The van der Waals surface area contributed by atoms with Crippen molar-refractivity contribution < 1.29 is 14.0 Å². The van der Waals surface area contributed by atoms with Gasteiger partial charge in [0.25, 0.3) is 5.91 Å². The molecular weight excluding hydrogens is 328 g/mol. The molecule has 0 unspecified atom stereocenters. The summed E-state index contributed by atoms with van der Waals surface area (Å²) in [5.74, 6) is 0.451. The molecule has 5 heteroatoms. The van der Waals surface area contributed by atoms with E-state index in [-0.39, 0.29) is 18.4 Å². The normalized spacial score (nSPS) is 12.9. The lowest BCUT2D eigenvalue weighted by Gasteiger charge is -2.25. The summed E-state index contributed by atoms with van der Waals surface area (Å²) in [7, 11) is 0. The van der Waals surface area contributed by atoms with Crippen LogP contribution < -0.4 is 4.90 Å². The van der Waals surface area contributed by atoms with Gasteiger partial charge in [-0.05, 0) is 35.9 Å². The highest BCUT2D eigenvalue weighted by atomic mass is 16.3. The molecule has 1 aliphatic rings. The fourth-order valence-corrected chi connectivity index (χ4v) is 3.18. The maximum Gasteiger partial charge on any atom is 0.254 e. The van der Waals surface area contributed by atoms with E-state index in [0.29, 0.717) is 24.4 Å². The van der Waals surface area contributed by atoms with Crippen molar-refractivity contribution in [3.8, 4) is 0 Å². The second-order valence-electron chi connectivity index (χ2n) is 6.21. The summed E-state index contributed by atoms with van der Waals surface area (Å²) in [6, 6.07) is 20.5. The third-order valence-corrected chi connectivity index (χ3v) is 4.49. The number of amides is 2. The molecule has 26 heavy (non-hydrogen) atoms. The highest BCUT2D eigenvalue weighted by molar-refractivity contribution is 6.02. The molecule has 0 bridgehead atoms. The minimum atomic E-state index is -0.145. The van der Waals surface area contributed by atoms with Crippen molar-refractivity contribution in [2.75, 3.05) is 11.4 Å². The Labute approximate surface area is 151 Å². The van der Waals surface area contributed by atoms with E-state index < -0.39 is 0 Å². The van der Waals surface area contributed by atoms with E-state index in [1.807, 2.05) is 54.6 Å². The van der Waals surface area contributed by atoms with Gasteiger partial charge >= 0.3 is 0 Å². The zero-order valence-corrected chi connectivity index (χ0v) is 14.2. The van der Waals surface area contributed by atoms with Gasteiger partial charge in [0.2, 0.25) is 5.91 Å². The summed E-state index contributed by atoms with van der Waals surface area (Å²) < 4.78 is 5.40. The maximum atomic E-state index is 13.0. The van der Waals surface area contributed by atoms with Crippen LogP contribution in [0.25, 0.3) is 0 Å². The van der Waals surface area contributed by atoms with Crippen LogP contribution in [0.15, 0.2) is 77.4 Å². The molecule has 1 aliphatic heterocycles. The molecule has 0 spiro atoms. The Hall–Kier alpha value is -3.34. The van der Waals surface area contributed by atoms with Gasteiger partial charge < -0.3 is 14.2 Å². The standard InChI is InChI=1S/C21H18N2O3/c24-20(15-22-13-16-7-4-5-11-19(16)21(22)25)23(14-18-10-6-12-26-18)17-8-2-1-3-9-17/h1-12H,13-15H2. The molecule has 0 fully saturated rings. The number of rotatable bonds is 5. The van der Waals surface area contributed by atoms with Crippen molar-refractivity contribution in [3.05, 3.63) is 89.9 Å². The quantitative estimate of drug-likeness (QED) is 0.711. The van der Waals surface area contributed by atoms with Gasteiger partial charge in [0, 0.05) is 17.8 Å². The average Bonchev–Trinajstić information content (AvgIpc) is 3.29. The second kappa shape index (κ2) is 6.88. The lowest BCUT2D eigenvalue weighted by molar-refractivity contribution is -0.119. The lowest BCUT2D eigenvalue weighted by Crippen LogP contribution is -2.40. The summed E-state index contributed by atoms with van der Waals surface area (Å²) in [5, 5.41) is 0. The van der Waals surface area contributed by atoms with Gasteiger partial charge in [-0.2, -0.15) is 0 Å². The van der Waals surface area contributed by atoms with Crippen molar-refractivity contribution in [1.29, 1.82) is 0 Å². The monoisotopic (exact) mass is 346 g/mol. The highest BCUT2D eigenvalue weighted by Gasteiger charge is 2.30. The summed E-state index contributed by atoms with van der Waals surface area (Å²) in [4.78, 5) is 28.8. The molecule has 0 aliphatic carbocycles. The summed E-state index contributed by atoms with van der Waals surface area (Å²) in [5.41, 5.74) is 2.42. The summed E-state index contributed by atoms with van der Waals surface area (Å²) in [6.45, 7) is 0.818. The van der Waals surface area contributed by atoms with Crippen LogP contribution >= 0.6 is 0 Å². The largest absolute Gasteiger partial charge is 0.467 e.